The number of para-hydroxylation sites is 1. The number of benzene rings is 1. The first kappa shape index (κ1) is 14.3. The Labute approximate surface area is 114 Å². The molecule has 0 heterocycles. The van der Waals surface area contributed by atoms with Gasteiger partial charge in [0.1, 0.15) is 4.90 Å². The highest BCUT2D eigenvalue weighted by atomic mass is 32.2. The SMILES string of the molecule is COC(C)CNc1ccccc1S(=O)(=O)NC1CC1. The predicted octanol–water partition coefficient (Wildman–Crippen LogP) is 1.57. The molecule has 1 aromatic carbocycles. The first-order valence-electron chi connectivity index (χ1n) is 6.41. The maximum atomic E-state index is 12.2. The van der Waals surface area contributed by atoms with E-state index in [-0.39, 0.29) is 12.1 Å². The van der Waals surface area contributed by atoms with Gasteiger partial charge in [0.25, 0.3) is 0 Å². The molecule has 0 amide bonds. The Kier molecular flexibility index (Phi) is 4.44. The number of rotatable bonds is 7. The number of anilines is 1. The lowest BCUT2D eigenvalue weighted by Crippen LogP contribution is -2.27. The summed E-state index contributed by atoms with van der Waals surface area (Å²) < 4.78 is 32.3. The molecule has 0 bridgehead atoms. The number of ether oxygens (including phenoxy) is 1. The minimum Gasteiger partial charge on any atom is -0.381 e. The van der Waals surface area contributed by atoms with Gasteiger partial charge in [-0.15, -0.1) is 0 Å². The number of hydrogen-bond donors (Lipinski definition) is 2. The van der Waals surface area contributed by atoms with Gasteiger partial charge in [-0.3, -0.25) is 0 Å². The summed E-state index contributed by atoms with van der Waals surface area (Å²) in [6.45, 7) is 2.49. The summed E-state index contributed by atoms with van der Waals surface area (Å²) in [4.78, 5) is 0.296. The minimum absolute atomic E-state index is 0.0205. The zero-order valence-electron chi connectivity index (χ0n) is 11.2. The molecule has 1 aliphatic carbocycles. The second-order valence-electron chi connectivity index (χ2n) is 4.82. The van der Waals surface area contributed by atoms with Crippen LogP contribution in [0.15, 0.2) is 29.2 Å². The number of nitrogens with one attached hydrogen (secondary N) is 2. The first-order chi connectivity index (χ1) is 9.03. The fraction of sp³-hybridized carbons (Fsp3) is 0.538. The van der Waals surface area contributed by atoms with Crippen molar-refractivity contribution in [2.45, 2.75) is 36.8 Å². The molecule has 1 aliphatic rings. The molecule has 0 saturated heterocycles. The van der Waals surface area contributed by atoms with Crippen LogP contribution in [-0.4, -0.2) is 34.2 Å². The van der Waals surface area contributed by atoms with Crippen LogP contribution in [0.25, 0.3) is 0 Å². The van der Waals surface area contributed by atoms with Crippen molar-refractivity contribution in [2.75, 3.05) is 19.0 Å². The normalized spacial score (nSPS) is 17.2. The highest BCUT2D eigenvalue weighted by molar-refractivity contribution is 7.89. The molecule has 2 rings (SSSR count). The van der Waals surface area contributed by atoms with E-state index < -0.39 is 10.0 Å². The van der Waals surface area contributed by atoms with Gasteiger partial charge in [-0.05, 0) is 31.9 Å². The molecular weight excluding hydrogens is 264 g/mol. The average molecular weight is 284 g/mol. The van der Waals surface area contributed by atoms with Crippen LogP contribution < -0.4 is 10.0 Å². The van der Waals surface area contributed by atoms with Crippen molar-refractivity contribution >= 4 is 15.7 Å². The van der Waals surface area contributed by atoms with Gasteiger partial charge in [-0.25, -0.2) is 13.1 Å². The lowest BCUT2D eigenvalue weighted by Gasteiger charge is -2.15. The molecular formula is C13H20N2O3S. The van der Waals surface area contributed by atoms with Gasteiger partial charge >= 0.3 is 0 Å². The van der Waals surface area contributed by atoms with Crippen LogP contribution >= 0.6 is 0 Å². The number of hydrogen-bond acceptors (Lipinski definition) is 4. The molecule has 1 atom stereocenters. The van der Waals surface area contributed by atoms with E-state index in [1.54, 1.807) is 25.3 Å². The molecule has 1 saturated carbocycles. The van der Waals surface area contributed by atoms with Crippen molar-refractivity contribution in [1.82, 2.24) is 4.72 Å². The van der Waals surface area contributed by atoms with Gasteiger partial charge in [-0.1, -0.05) is 12.1 Å². The third-order valence-electron chi connectivity index (χ3n) is 3.06. The smallest absolute Gasteiger partial charge is 0.242 e. The largest absolute Gasteiger partial charge is 0.381 e. The van der Waals surface area contributed by atoms with Gasteiger partial charge in [0.2, 0.25) is 10.0 Å². The van der Waals surface area contributed by atoms with Crippen LogP contribution in [0.5, 0.6) is 0 Å². The lowest BCUT2D eigenvalue weighted by molar-refractivity contribution is 0.128. The molecule has 6 heteroatoms. The van der Waals surface area contributed by atoms with Crippen molar-refractivity contribution in [3.8, 4) is 0 Å². The Morgan fingerprint density at radius 1 is 1.37 bits per heavy atom. The van der Waals surface area contributed by atoms with Crippen LogP contribution in [0.3, 0.4) is 0 Å². The Morgan fingerprint density at radius 3 is 2.68 bits per heavy atom. The maximum Gasteiger partial charge on any atom is 0.242 e. The third kappa shape index (κ3) is 3.92. The van der Waals surface area contributed by atoms with Gasteiger partial charge in [0, 0.05) is 19.7 Å². The molecule has 1 aromatic rings. The Hall–Kier alpha value is -1.11. The van der Waals surface area contributed by atoms with E-state index in [0.717, 1.165) is 12.8 Å². The van der Waals surface area contributed by atoms with E-state index in [1.165, 1.54) is 0 Å². The quantitative estimate of drug-likeness (QED) is 0.797. The summed E-state index contributed by atoms with van der Waals surface area (Å²) in [6.07, 6.45) is 1.87. The van der Waals surface area contributed by atoms with Crippen molar-refractivity contribution in [2.24, 2.45) is 0 Å². The zero-order chi connectivity index (χ0) is 13.9. The van der Waals surface area contributed by atoms with Crippen molar-refractivity contribution in [3.63, 3.8) is 0 Å². The van der Waals surface area contributed by atoms with Crippen LogP contribution in [0.4, 0.5) is 5.69 Å². The van der Waals surface area contributed by atoms with Crippen molar-refractivity contribution < 1.29 is 13.2 Å². The molecule has 19 heavy (non-hydrogen) atoms. The van der Waals surface area contributed by atoms with Crippen LogP contribution in [0.1, 0.15) is 19.8 Å². The van der Waals surface area contributed by atoms with Gasteiger partial charge in [0.15, 0.2) is 0 Å². The van der Waals surface area contributed by atoms with Crippen molar-refractivity contribution in [3.05, 3.63) is 24.3 Å². The fourth-order valence-electron chi connectivity index (χ4n) is 1.67. The topological polar surface area (TPSA) is 67.4 Å². The van der Waals surface area contributed by atoms with Crippen LogP contribution in [-0.2, 0) is 14.8 Å². The highest BCUT2D eigenvalue weighted by Crippen LogP contribution is 2.25. The summed E-state index contributed by atoms with van der Waals surface area (Å²) in [5.41, 5.74) is 0.611. The van der Waals surface area contributed by atoms with Gasteiger partial charge in [0.05, 0.1) is 11.8 Å². The molecule has 106 valence electrons. The second kappa shape index (κ2) is 5.90. The Bertz CT molecular complexity index is 526. The number of methoxy groups -OCH3 is 1. The standard InChI is InChI=1S/C13H20N2O3S/c1-10(18-2)9-14-12-5-3-4-6-13(12)19(16,17)15-11-7-8-11/h3-6,10-11,14-15H,7-9H2,1-2H3. The molecule has 5 nitrogen and oxygen atoms in total. The Balaban J connectivity index is 2.15. The Morgan fingerprint density at radius 2 is 2.05 bits per heavy atom. The molecule has 2 N–H and O–H groups in total. The van der Waals surface area contributed by atoms with Crippen LogP contribution in [0.2, 0.25) is 0 Å². The van der Waals surface area contributed by atoms with E-state index in [0.29, 0.717) is 17.1 Å². The summed E-state index contributed by atoms with van der Waals surface area (Å²) >= 11 is 0. The minimum atomic E-state index is -3.44. The molecule has 0 aliphatic heterocycles. The predicted molar refractivity (Wildman–Crippen MR) is 74.7 cm³/mol. The van der Waals surface area contributed by atoms with Gasteiger partial charge < -0.3 is 10.1 Å². The number of sulfonamides is 1. The molecule has 1 unspecified atom stereocenters. The van der Waals surface area contributed by atoms with E-state index in [2.05, 4.69) is 10.0 Å². The summed E-state index contributed by atoms with van der Waals surface area (Å²) in [7, 11) is -1.81. The van der Waals surface area contributed by atoms with E-state index >= 15 is 0 Å². The highest BCUT2D eigenvalue weighted by Gasteiger charge is 2.29. The van der Waals surface area contributed by atoms with E-state index in [4.69, 9.17) is 4.74 Å². The molecule has 0 spiro atoms. The summed E-state index contributed by atoms with van der Waals surface area (Å²) in [5, 5.41) is 3.12. The third-order valence-corrected chi connectivity index (χ3v) is 4.64. The summed E-state index contributed by atoms with van der Waals surface area (Å²) in [5.74, 6) is 0. The summed E-state index contributed by atoms with van der Waals surface area (Å²) in [6, 6.07) is 7.03. The maximum absolute atomic E-state index is 12.2. The van der Waals surface area contributed by atoms with E-state index in [9.17, 15) is 8.42 Å². The lowest BCUT2D eigenvalue weighted by atomic mass is 10.3. The zero-order valence-corrected chi connectivity index (χ0v) is 12.0. The van der Waals surface area contributed by atoms with Crippen LogP contribution in [0, 0.1) is 0 Å². The fourth-order valence-corrected chi connectivity index (χ4v) is 3.16. The van der Waals surface area contributed by atoms with Gasteiger partial charge in [-0.2, -0.15) is 0 Å². The monoisotopic (exact) mass is 284 g/mol. The molecule has 0 aromatic heterocycles. The molecule has 0 radical (unpaired) electrons. The molecule has 1 fully saturated rings. The second-order valence-corrected chi connectivity index (χ2v) is 6.50. The first-order valence-corrected chi connectivity index (χ1v) is 7.89. The average Bonchev–Trinajstić information content (AvgIpc) is 3.19. The van der Waals surface area contributed by atoms with Crippen molar-refractivity contribution in [1.29, 1.82) is 0 Å². The van der Waals surface area contributed by atoms with E-state index in [1.807, 2.05) is 13.0 Å².